The Balaban J connectivity index is 1.52. The first kappa shape index (κ1) is 15.3. The number of carbonyl (C=O) groups excluding carboxylic acids is 2. The Morgan fingerprint density at radius 1 is 1.08 bits per heavy atom. The molecule has 0 bridgehead atoms. The third-order valence-corrected chi connectivity index (χ3v) is 4.43. The quantitative estimate of drug-likeness (QED) is 0.711. The molecule has 1 fully saturated rings. The van der Waals surface area contributed by atoms with Crippen LogP contribution >= 0.6 is 0 Å². The van der Waals surface area contributed by atoms with Gasteiger partial charge in [0.15, 0.2) is 0 Å². The molecule has 7 heteroatoms. The van der Waals surface area contributed by atoms with E-state index in [-0.39, 0.29) is 18.4 Å². The fraction of sp³-hybridized carbons (Fsp3) is 0.222. The number of aromatic nitrogens is 3. The number of para-hydroxylation sites is 1. The molecule has 2 aromatic carbocycles. The van der Waals surface area contributed by atoms with E-state index in [4.69, 9.17) is 0 Å². The Hall–Kier alpha value is -3.22. The SMILES string of the molecule is Cn1nnc2cc(C(=O)N3CCN(c4ccccc4)C(=O)C3)ccc21. The Kier molecular flexibility index (Phi) is 3.68. The van der Waals surface area contributed by atoms with Crippen LogP contribution in [0.25, 0.3) is 11.0 Å². The number of carbonyl (C=O) groups is 2. The molecule has 4 rings (SSSR count). The highest BCUT2D eigenvalue weighted by molar-refractivity contribution is 6.02. The van der Waals surface area contributed by atoms with E-state index >= 15 is 0 Å². The second-order valence-corrected chi connectivity index (χ2v) is 6.02. The van der Waals surface area contributed by atoms with Gasteiger partial charge < -0.3 is 9.80 Å². The number of benzene rings is 2. The number of hydrogen-bond donors (Lipinski definition) is 0. The lowest BCUT2D eigenvalue weighted by Gasteiger charge is -2.34. The van der Waals surface area contributed by atoms with Crippen LogP contribution in [0.5, 0.6) is 0 Å². The summed E-state index contributed by atoms with van der Waals surface area (Å²) in [5.41, 5.74) is 2.92. The summed E-state index contributed by atoms with van der Waals surface area (Å²) in [5, 5.41) is 7.99. The summed E-state index contributed by atoms with van der Waals surface area (Å²) in [6.07, 6.45) is 0. The first-order valence-corrected chi connectivity index (χ1v) is 8.07. The van der Waals surface area contributed by atoms with Crippen LogP contribution in [0.4, 0.5) is 5.69 Å². The fourth-order valence-corrected chi connectivity index (χ4v) is 3.08. The zero-order chi connectivity index (χ0) is 17.4. The van der Waals surface area contributed by atoms with Gasteiger partial charge in [-0.25, -0.2) is 4.68 Å². The highest BCUT2D eigenvalue weighted by Gasteiger charge is 2.28. The van der Waals surface area contributed by atoms with Gasteiger partial charge >= 0.3 is 0 Å². The predicted molar refractivity (Wildman–Crippen MR) is 93.2 cm³/mol. The number of nitrogens with zero attached hydrogens (tertiary/aromatic N) is 5. The summed E-state index contributed by atoms with van der Waals surface area (Å²) < 4.78 is 1.66. The molecule has 7 nitrogen and oxygen atoms in total. The second kappa shape index (κ2) is 6.01. The Morgan fingerprint density at radius 3 is 2.64 bits per heavy atom. The monoisotopic (exact) mass is 335 g/mol. The Labute approximate surface area is 144 Å². The number of fused-ring (bicyclic) bond motifs is 1. The van der Waals surface area contributed by atoms with Gasteiger partial charge in [0.05, 0.1) is 5.52 Å². The van der Waals surface area contributed by atoms with Gasteiger partial charge in [0.1, 0.15) is 12.1 Å². The summed E-state index contributed by atoms with van der Waals surface area (Å²) in [4.78, 5) is 28.5. The molecule has 0 saturated carbocycles. The van der Waals surface area contributed by atoms with Crippen LogP contribution in [0.1, 0.15) is 10.4 Å². The molecule has 2 amide bonds. The summed E-state index contributed by atoms with van der Waals surface area (Å²) in [6, 6.07) is 14.8. The van der Waals surface area contributed by atoms with E-state index in [2.05, 4.69) is 10.3 Å². The maximum Gasteiger partial charge on any atom is 0.254 e. The first-order valence-electron chi connectivity index (χ1n) is 8.07. The van der Waals surface area contributed by atoms with E-state index < -0.39 is 0 Å². The molecule has 1 aromatic heterocycles. The molecule has 3 aromatic rings. The molecule has 1 aliphatic rings. The molecule has 0 N–H and O–H groups in total. The molecule has 0 radical (unpaired) electrons. The molecule has 1 aliphatic heterocycles. The van der Waals surface area contributed by atoms with Gasteiger partial charge in [-0.1, -0.05) is 23.4 Å². The van der Waals surface area contributed by atoms with Crippen molar-refractivity contribution in [2.75, 3.05) is 24.5 Å². The first-order chi connectivity index (χ1) is 12.1. The van der Waals surface area contributed by atoms with Crippen molar-refractivity contribution in [2.24, 2.45) is 7.05 Å². The lowest BCUT2D eigenvalue weighted by molar-refractivity contribution is -0.120. The van der Waals surface area contributed by atoms with Crippen LogP contribution in [0.2, 0.25) is 0 Å². The second-order valence-electron chi connectivity index (χ2n) is 6.02. The van der Waals surface area contributed by atoms with Crippen molar-refractivity contribution in [1.29, 1.82) is 0 Å². The van der Waals surface area contributed by atoms with Crippen LogP contribution in [0.3, 0.4) is 0 Å². The molecular formula is C18H17N5O2. The molecule has 0 atom stereocenters. The van der Waals surface area contributed by atoms with E-state index in [0.29, 0.717) is 24.2 Å². The normalized spacial score (nSPS) is 15.0. The highest BCUT2D eigenvalue weighted by Crippen LogP contribution is 2.19. The van der Waals surface area contributed by atoms with Gasteiger partial charge in [-0.2, -0.15) is 0 Å². The summed E-state index contributed by atoms with van der Waals surface area (Å²) in [5.74, 6) is -0.236. The minimum atomic E-state index is -0.159. The molecule has 25 heavy (non-hydrogen) atoms. The lowest BCUT2D eigenvalue weighted by Crippen LogP contribution is -2.52. The summed E-state index contributed by atoms with van der Waals surface area (Å²) in [6.45, 7) is 1.06. The van der Waals surface area contributed by atoms with Gasteiger partial charge in [-0.15, -0.1) is 5.10 Å². The van der Waals surface area contributed by atoms with Crippen molar-refractivity contribution < 1.29 is 9.59 Å². The number of piperazine rings is 1. The molecule has 1 saturated heterocycles. The number of rotatable bonds is 2. The van der Waals surface area contributed by atoms with Crippen molar-refractivity contribution in [1.82, 2.24) is 19.9 Å². The largest absolute Gasteiger partial charge is 0.328 e. The zero-order valence-corrected chi connectivity index (χ0v) is 13.8. The molecular weight excluding hydrogens is 318 g/mol. The Morgan fingerprint density at radius 2 is 1.88 bits per heavy atom. The van der Waals surface area contributed by atoms with Crippen molar-refractivity contribution in [2.45, 2.75) is 0 Å². The third kappa shape index (κ3) is 2.73. The van der Waals surface area contributed by atoms with Gasteiger partial charge in [-0.3, -0.25) is 9.59 Å². The van der Waals surface area contributed by atoms with Gasteiger partial charge in [-0.05, 0) is 30.3 Å². The van der Waals surface area contributed by atoms with Crippen molar-refractivity contribution in [3.8, 4) is 0 Å². The molecule has 0 spiro atoms. The van der Waals surface area contributed by atoms with Crippen LogP contribution in [0.15, 0.2) is 48.5 Å². The van der Waals surface area contributed by atoms with E-state index in [1.54, 1.807) is 33.7 Å². The average molecular weight is 335 g/mol. The highest BCUT2D eigenvalue weighted by atomic mass is 16.2. The third-order valence-electron chi connectivity index (χ3n) is 4.43. The minimum Gasteiger partial charge on any atom is -0.328 e. The van der Waals surface area contributed by atoms with Crippen molar-refractivity contribution in [3.05, 3.63) is 54.1 Å². The number of amides is 2. The molecule has 2 heterocycles. The van der Waals surface area contributed by atoms with E-state index in [1.165, 1.54) is 0 Å². The van der Waals surface area contributed by atoms with E-state index in [1.807, 2.05) is 36.4 Å². The molecule has 0 aliphatic carbocycles. The number of anilines is 1. The van der Waals surface area contributed by atoms with E-state index in [9.17, 15) is 9.59 Å². The standard InChI is InChI=1S/C18H17N5O2/c1-21-16-8-7-13(11-15(16)19-20-21)18(25)22-9-10-23(17(24)12-22)14-5-3-2-4-6-14/h2-8,11H,9-10,12H2,1H3. The van der Waals surface area contributed by atoms with Crippen LogP contribution < -0.4 is 4.90 Å². The minimum absolute atomic E-state index is 0.0756. The van der Waals surface area contributed by atoms with E-state index in [0.717, 1.165) is 11.2 Å². The topological polar surface area (TPSA) is 71.3 Å². The zero-order valence-electron chi connectivity index (χ0n) is 13.8. The van der Waals surface area contributed by atoms with Gasteiger partial charge in [0, 0.05) is 31.4 Å². The van der Waals surface area contributed by atoms with Crippen molar-refractivity contribution >= 4 is 28.5 Å². The Bertz CT molecular complexity index is 951. The number of hydrogen-bond acceptors (Lipinski definition) is 4. The van der Waals surface area contributed by atoms with Crippen LogP contribution in [-0.2, 0) is 11.8 Å². The smallest absolute Gasteiger partial charge is 0.254 e. The molecule has 126 valence electrons. The maximum absolute atomic E-state index is 12.7. The fourth-order valence-electron chi connectivity index (χ4n) is 3.08. The summed E-state index contributed by atoms with van der Waals surface area (Å²) >= 11 is 0. The number of aryl methyl sites for hydroxylation is 1. The maximum atomic E-state index is 12.7. The predicted octanol–water partition coefficient (Wildman–Crippen LogP) is 1.46. The van der Waals surface area contributed by atoms with Gasteiger partial charge in [0.25, 0.3) is 5.91 Å². The van der Waals surface area contributed by atoms with Gasteiger partial charge in [0.2, 0.25) is 5.91 Å². The van der Waals surface area contributed by atoms with Crippen LogP contribution in [-0.4, -0.2) is 51.3 Å². The molecule has 0 unspecified atom stereocenters. The van der Waals surface area contributed by atoms with Crippen LogP contribution in [0, 0.1) is 0 Å². The van der Waals surface area contributed by atoms with Crippen molar-refractivity contribution in [3.63, 3.8) is 0 Å². The summed E-state index contributed by atoms with van der Waals surface area (Å²) in [7, 11) is 1.80. The lowest BCUT2D eigenvalue weighted by atomic mass is 10.1. The average Bonchev–Trinajstić information content (AvgIpc) is 3.02.